The van der Waals surface area contributed by atoms with E-state index >= 15 is 0 Å². The number of hydrogen-bond donors (Lipinski definition) is 0. The molecule has 0 spiro atoms. The average Bonchev–Trinajstić information content (AvgIpc) is 2.97. The van der Waals surface area contributed by atoms with E-state index in [1.54, 1.807) is 0 Å². The van der Waals surface area contributed by atoms with Crippen LogP contribution in [-0.4, -0.2) is 26.4 Å². The molecule has 0 saturated carbocycles. The van der Waals surface area contributed by atoms with Crippen LogP contribution in [0.1, 0.15) is 49.0 Å². The van der Waals surface area contributed by atoms with E-state index in [1.165, 1.54) is 0 Å². The van der Waals surface area contributed by atoms with Gasteiger partial charge in [0.2, 0.25) is 0 Å². The van der Waals surface area contributed by atoms with Crippen LogP contribution in [0, 0.1) is 0 Å². The second-order valence-corrected chi connectivity index (χ2v) is 4.64. The number of benzene rings is 2. The van der Waals surface area contributed by atoms with Gasteiger partial charge in [0.05, 0.1) is 13.2 Å². The lowest BCUT2D eigenvalue weighted by Crippen LogP contribution is -2.14. The summed E-state index contributed by atoms with van der Waals surface area (Å²) < 4.78 is 21.4. The van der Waals surface area contributed by atoms with E-state index in [1.807, 2.05) is 76.2 Å². The van der Waals surface area contributed by atoms with Crippen LogP contribution in [-0.2, 0) is 0 Å². The maximum Gasteiger partial charge on any atom is 0.161 e. The highest BCUT2D eigenvalue weighted by molar-refractivity contribution is 5.40. The van der Waals surface area contributed by atoms with E-state index in [9.17, 15) is 0 Å². The minimum absolute atomic E-state index is 0. The summed E-state index contributed by atoms with van der Waals surface area (Å²) >= 11 is 0. The van der Waals surface area contributed by atoms with Crippen LogP contribution in [0.5, 0.6) is 23.0 Å². The highest BCUT2D eigenvalue weighted by Crippen LogP contribution is 2.29. The van der Waals surface area contributed by atoms with Gasteiger partial charge < -0.3 is 18.9 Å². The van der Waals surface area contributed by atoms with Gasteiger partial charge in [-0.1, -0.05) is 66.8 Å². The van der Waals surface area contributed by atoms with E-state index < -0.39 is 0 Å². The lowest BCUT2D eigenvalue weighted by atomic mass is 10.3. The molecule has 0 aliphatic carbocycles. The number of fused-ring (bicyclic) bond motifs is 2. The molecule has 4 heteroatoms. The topological polar surface area (TPSA) is 36.9 Å². The number of hydrogen-bond acceptors (Lipinski definition) is 4. The monoisotopic (exact) mass is 378 g/mol. The van der Waals surface area contributed by atoms with Crippen LogP contribution < -0.4 is 18.9 Å². The van der Waals surface area contributed by atoms with Gasteiger partial charge in [-0.25, -0.2) is 0 Å². The molecule has 2 aliphatic rings. The fourth-order valence-electron chi connectivity index (χ4n) is 2.10. The molecule has 0 N–H and O–H groups in total. The quantitative estimate of drug-likeness (QED) is 0.515. The SMILES string of the molecule is C.C.CC.CC.c1ccc2c(c1)OCCCO2.c1ccc2c(c1)OCCO2. The van der Waals surface area contributed by atoms with Gasteiger partial charge >= 0.3 is 0 Å². The molecule has 2 aliphatic heterocycles. The van der Waals surface area contributed by atoms with Crippen LogP contribution in [0.3, 0.4) is 0 Å². The maximum atomic E-state index is 5.42. The predicted molar refractivity (Wildman–Crippen MR) is 116 cm³/mol. The van der Waals surface area contributed by atoms with Gasteiger partial charge in [-0.3, -0.25) is 0 Å². The normalized spacial score (nSPS) is 12.3. The second kappa shape index (κ2) is 17.1. The zero-order valence-electron chi connectivity index (χ0n) is 15.8. The van der Waals surface area contributed by atoms with Gasteiger partial charge in [0, 0.05) is 6.42 Å². The van der Waals surface area contributed by atoms with E-state index in [0.29, 0.717) is 13.2 Å². The number of ether oxygens (including phenoxy) is 4. The minimum atomic E-state index is 0. The van der Waals surface area contributed by atoms with Crippen LogP contribution in [0.15, 0.2) is 48.5 Å². The molecular weight excluding hydrogens is 340 g/mol. The molecule has 0 fully saturated rings. The van der Waals surface area contributed by atoms with Crippen molar-refractivity contribution in [2.75, 3.05) is 26.4 Å². The first kappa shape index (κ1) is 26.9. The van der Waals surface area contributed by atoms with Crippen molar-refractivity contribution in [1.82, 2.24) is 0 Å². The molecule has 0 bridgehead atoms. The Hall–Kier alpha value is -2.36. The Balaban J connectivity index is 0. The van der Waals surface area contributed by atoms with Crippen LogP contribution in [0.4, 0.5) is 0 Å². The van der Waals surface area contributed by atoms with Gasteiger partial charge in [0.1, 0.15) is 13.2 Å². The smallest absolute Gasteiger partial charge is 0.161 e. The molecule has 2 aromatic carbocycles. The molecule has 27 heavy (non-hydrogen) atoms. The summed E-state index contributed by atoms with van der Waals surface area (Å²) in [5.41, 5.74) is 0. The summed E-state index contributed by atoms with van der Waals surface area (Å²) in [5, 5.41) is 0. The molecule has 0 saturated heterocycles. The van der Waals surface area contributed by atoms with Crippen LogP contribution in [0.2, 0.25) is 0 Å². The zero-order valence-corrected chi connectivity index (χ0v) is 15.8. The third-order valence-corrected chi connectivity index (χ3v) is 3.10. The molecule has 0 unspecified atom stereocenters. The molecule has 4 nitrogen and oxygen atoms in total. The van der Waals surface area contributed by atoms with E-state index in [-0.39, 0.29) is 14.9 Å². The Morgan fingerprint density at radius 3 is 1.04 bits per heavy atom. The summed E-state index contributed by atoms with van der Waals surface area (Å²) in [6.45, 7) is 10.8. The first-order valence-corrected chi connectivity index (χ1v) is 9.13. The minimum Gasteiger partial charge on any atom is -0.490 e. The zero-order chi connectivity index (χ0) is 18.3. The van der Waals surface area contributed by atoms with Gasteiger partial charge in [-0.15, -0.1) is 0 Å². The molecule has 0 radical (unpaired) electrons. The summed E-state index contributed by atoms with van der Waals surface area (Å²) in [7, 11) is 0. The van der Waals surface area contributed by atoms with Gasteiger partial charge in [-0.2, -0.15) is 0 Å². The fraction of sp³-hybridized carbons (Fsp3) is 0.478. The van der Waals surface area contributed by atoms with Crippen molar-refractivity contribution in [2.24, 2.45) is 0 Å². The summed E-state index contributed by atoms with van der Waals surface area (Å²) in [6.07, 6.45) is 0.967. The van der Waals surface area contributed by atoms with Crippen molar-refractivity contribution < 1.29 is 18.9 Å². The summed E-state index contributed by atoms with van der Waals surface area (Å²) in [5.74, 6) is 3.44. The second-order valence-electron chi connectivity index (χ2n) is 4.64. The molecule has 2 aromatic rings. The van der Waals surface area contributed by atoms with Crippen molar-refractivity contribution in [2.45, 2.75) is 49.0 Å². The Morgan fingerprint density at radius 1 is 0.481 bits per heavy atom. The highest BCUT2D eigenvalue weighted by Gasteiger charge is 2.08. The third kappa shape index (κ3) is 9.23. The molecule has 4 rings (SSSR count). The van der Waals surface area contributed by atoms with Gasteiger partial charge in [-0.05, 0) is 24.3 Å². The fourth-order valence-corrected chi connectivity index (χ4v) is 2.10. The van der Waals surface area contributed by atoms with Crippen molar-refractivity contribution >= 4 is 0 Å². The standard InChI is InChI=1S/C9H10O2.C8H8O2.2C2H6.2CH4/c1-2-5-9-8(4-1)10-6-3-7-11-9;1-2-4-8-7(3-1)9-5-6-10-8;2*1-2;;/h1-2,4-5H,3,6-7H2;1-4H,5-6H2;2*1-2H3;2*1H4. The average molecular weight is 379 g/mol. The molecule has 0 atom stereocenters. The Labute approximate surface area is 166 Å². The van der Waals surface area contributed by atoms with E-state index in [0.717, 1.165) is 42.6 Å². The molecule has 154 valence electrons. The van der Waals surface area contributed by atoms with Crippen molar-refractivity contribution in [1.29, 1.82) is 0 Å². The van der Waals surface area contributed by atoms with Crippen molar-refractivity contribution in [3.05, 3.63) is 48.5 Å². The predicted octanol–water partition coefficient (Wildman–Crippen LogP) is 6.63. The van der Waals surface area contributed by atoms with Crippen molar-refractivity contribution in [3.8, 4) is 23.0 Å². The first-order chi connectivity index (χ1) is 12.4. The molecular formula is C23H38O4. The highest BCUT2D eigenvalue weighted by atomic mass is 16.6. The Kier molecular flexibility index (Phi) is 17.0. The third-order valence-electron chi connectivity index (χ3n) is 3.10. The largest absolute Gasteiger partial charge is 0.490 e. The molecule has 0 amide bonds. The Bertz CT molecular complexity index is 534. The van der Waals surface area contributed by atoms with E-state index in [2.05, 4.69) is 0 Å². The van der Waals surface area contributed by atoms with Crippen LogP contribution >= 0.6 is 0 Å². The Morgan fingerprint density at radius 2 is 0.741 bits per heavy atom. The maximum absolute atomic E-state index is 5.42. The number of rotatable bonds is 0. The lowest BCUT2D eigenvalue weighted by Gasteiger charge is -2.17. The first-order valence-electron chi connectivity index (χ1n) is 9.13. The van der Waals surface area contributed by atoms with Crippen LogP contribution in [0.25, 0.3) is 0 Å². The number of para-hydroxylation sites is 4. The lowest BCUT2D eigenvalue weighted by molar-refractivity contribution is 0.171. The van der Waals surface area contributed by atoms with Crippen molar-refractivity contribution in [3.63, 3.8) is 0 Å². The van der Waals surface area contributed by atoms with Gasteiger partial charge in [0.15, 0.2) is 23.0 Å². The molecule has 2 heterocycles. The van der Waals surface area contributed by atoms with Gasteiger partial charge in [0.25, 0.3) is 0 Å². The molecule has 0 aromatic heterocycles. The van der Waals surface area contributed by atoms with E-state index in [4.69, 9.17) is 18.9 Å². The summed E-state index contributed by atoms with van der Waals surface area (Å²) in [6, 6.07) is 15.5. The summed E-state index contributed by atoms with van der Waals surface area (Å²) in [4.78, 5) is 0.